The van der Waals surface area contributed by atoms with Gasteiger partial charge in [0, 0.05) is 4.83 Å². The van der Waals surface area contributed by atoms with Crippen molar-refractivity contribution in [2.75, 3.05) is 0 Å². The number of aryl methyl sites for hydroxylation is 1. The number of benzene rings is 1. The molecule has 1 unspecified atom stereocenters. The fraction of sp³-hybridized carbons (Fsp3) is 0.500. The number of para-hydroxylation sites is 1. The predicted molar refractivity (Wildman–Crippen MR) is 78.0 cm³/mol. The first-order chi connectivity index (χ1) is 8.33. The first-order valence-electron chi connectivity index (χ1n) is 6.31. The van der Waals surface area contributed by atoms with Crippen LogP contribution in [0.4, 0.5) is 0 Å². The minimum Gasteiger partial charge on any atom is -0.241 e. The molecule has 0 radical (unpaired) electrons. The van der Waals surface area contributed by atoms with Gasteiger partial charge in [0.05, 0.1) is 15.2 Å². The lowest BCUT2D eigenvalue weighted by Gasteiger charge is -2.05. The molecule has 1 aliphatic rings. The summed E-state index contributed by atoms with van der Waals surface area (Å²) in [6.07, 6.45) is 6.54. The molecule has 0 aliphatic heterocycles. The summed E-state index contributed by atoms with van der Waals surface area (Å²) in [6.45, 7) is 0. The maximum atomic E-state index is 4.67. The number of fused-ring (bicyclic) bond motifs is 1. The van der Waals surface area contributed by atoms with Crippen LogP contribution in [-0.4, -0.2) is 9.81 Å². The highest BCUT2D eigenvalue weighted by atomic mass is 79.9. The third-order valence-electron chi connectivity index (χ3n) is 3.34. The summed E-state index contributed by atoms with van der Waals surface area (Å²) < 4.78 is 1.32. The Morgan fingerprint density at radius 1 is 1.35 bits per heavy atom. The molecule has 3 heteroatoms. The predicted octanol–water partition coefficient (Wildman–Crippen LogP) is 4.79. The standard InChI is InChI=1S/C14H16BrNS/c15-11(10-8-9-10)4-3-7-14-16-12-5-1-2-6-13(12)17-14/h1-2,5-6,10-11H,3-4,7-9H2. The summed E-state index contributed by atoms with van der Waals surface area (Å²) in [5, 5.41) is 1.29. The van der Waals surface area contributed by atoms with Gasteiger partial charge in [0.15, 0.2) is 0 Å². The van der Waals surface area contributed by atoms with Crippen molar-refractivity contribution in [3.8, 4) is 0 Å². The maximum Gasteiger partial charge on any atom is 0.0938 e. The van der Waals surface area contributed by atoms with Crippen LogP contribution in [0.2, 0.25) is 0 Å². The molecule has 2 aromatic rings. The molecule has 90 valence electrons. The smallest absolute Gasteiger partial charge is 0.0938 e. The van der Waals surface area contributed by atoms with Crippen LogP contribution in [0.1, 0.15) is 30.7 Å². The SMILES string of the molecule is BrC(CCCc1nc2ccccc2s1)C1CC1. The molecule has 3 rings (SSSR count). The van der Waals surface area contributed by atoms with E-state index >= 15 is 0 Å². The van der Waals surface area contributed by atoms with E-state index in [1.807, 2.05) is 11.3 Å². The Kier molecular flexibility index (Phi) is 3.48. The van der Waals surface area contributed by atoms with Gasteiger partial charge < -0.3 is 0 Å². The van der Waals surface area contributed by atoms with Crippen molar-refractivity contribution in [3.63, 3.8) is 0 Å². The van der Waals surface area contributed by atoms with Crippen LogP contribution in [-0.2, 0) is 6.42 Å². The molecule has 0 spiro atoms. The van der Waals surface area contributed by atoms with Crippen molar-refractivity contribution in [3.05, 3.63) is 29.3 Å². The Hall–Kier alpha value is -0.410. The Bertz CT molecular complexity index is 471. The van der Waals surface area contributed by atoms with E-state index in [9.17, 15) is 0 Å². The van der Waals surface area contributed by atoms with Crippen molar-refractivity contribution in [2.45, 2.75) is 36.9 Å². The minimum absolute atomic E-state index is 0.747. The monoisotopic (exact) mass is 309 g/mol. The molecule has 0 bridgehead atoms. The van der Waals surface area contributed by atoms with Gasteiger partial charge in [-0.25, -0.2) is 4.98 Å². The summed E-state index contributed by atoms with van der Waals surface area (Å²) >= 11 is 5.64. The molecule has 1 saturated carbocycles. The van der Waals surface area contributed by atoms with Crippen LogP contribution in [0.5, 0.6) is 0 Å². The van der Waals surface area contributed by atoms with Crippen LogP contribution < -0.4 is 0 Å². The van der Waals surface area contributed by atoms with E-state index in [0.717, 1.165) is 22.7 Å². The van der Waals surface area contributed by atoms with Crippen LogP contribution >= 0.6 is 27.3 Å². The number of thiazole rings is 1. The number of alkyl halides is 1. The lowest BCUT2D eigenvalue weighted by molar-refractivity contribution is 0.653. The number of nitrogens with zero attached hydrogens (tertiary/aromatic N) is 1. The summed E-state index contributed by atoms with van der Waals surface area (Å²) in [5.74, 6) is 0.963. The van der Waals surface area contributed by atoms with Crippen LogP contribution in [0.25, 0.3) is 10.2 Å². The van der Waals surface area contributed by atoms with Crippen molar-refractivity contribution in [1.82, 2.24) is 4.98 Å². The van der Waals surface area contributed by atoms with E-state index in [-0.39, 0.29) is 0 Å². The lowest BCUT2D eigenvalue weighted by atomic mass is 10.1. The summed E-state index contributed by atoms with van der Waals surface area (Å²) in [7, 11) is 0. The average Bonchev–Trinajstić information content (AvgIpc) is 3.09. The third kappa shape index (κ3) is 2.89. The van der Waals surface area contributed by atoms with Gasteiger partial charge in [0.25, 0.3) is 0 Å². The highest BCUT2D eigenvalue weighted by molar-refractivity contribution is 9.09. The Morgan fingerprint density at radius 3 is 2.94 bits per heavy atom. The van der Waals surface area contributed by atoms with Crippen molar-refractivity contribution in [1.29, 1.82) is 0 Å². The maximum absolute atomic E-state index is 4.67. The molecule has 1 aromatic heterocycles. The topological polar surface area (TPSA) is 12.9 Å². The zero-order valence-corrected chi connectivity index (χ0v) is 12.1. The van der Waals surface area contributed by atoms with Gasteiger partial charge in [-0.3, -0.25) is 0 Å². The largest absolute Gasteiger partial charge is 0.241 e. The highest BCUT2D eigenvalue weighted by Crippen LogP contribution is 2.38. The van der Waals surface area contributed by atoms with Crippen LogP contribution in [0, 0.1) is 5.92 Å². The van der Waals surface area contributed by atoms with Gasteiger partial charge in [-0.05, 0) is 50.2 Å². The number of hydrogen-bond donors (Lipinski definition) is 0. The van der Waals surface area contributed by atoms with Crippen molar-refractivity contribution < 1.29 is 0 Å². The second kappa shape index (κ2) is 5.07. The fourth-order valence-corrected chi connectivity index (χ4v) is 4.03. The van der Waals surface area contributed by atoms with E-state index in [4.69, 9.17) is 0 Å². The Labute approximate surface area is 114 Å². The highest BCUT2D eigenvalue weighted by Gasteiger charge is 2.28. The Balaban J connectivity index is 1.57. The molecule has 0 saturated heterocycles. The van der Waals surface area contributed by atoms with Crippen molar-refractivity contribution >= 4 is 37.5 Å². The van der Waals surface area contributed by atoms with Crippen molar-refractivity contribution in [2.24, 2.45) is 5.92 Å². The minimum atomic E-state index is 0.747. The zero-order chi connectivity index (χ0) is 11.7. The number of hydrogen-bond acceptors (Lipinski definition) is 2. The van der Waals surface area contributed by atoms with Crippen LogP contribution in [0.15, 0.2) is 24.3 Å². The second-order valence-electron chi connectivity index (χ2n) is 4.82. The molecule has 1 aliphatic carbocycles. The molecular weight excluding hydrogens is 294 g/mol. The quantitative estimate of drug-likeness (QED) is 0.723. The van der Waals surface area contributed by atoms with Gasteiger partial charge in [-0.1, -0.05) is 28.1 Å². The first kappa shape index (κ1) is 11.7. The van der Waals surface area contributed by atoms with Gasteiger partial charge in [-0.2, -0.15) is 0 Å². The zero-order valence-electron chi connectivity index (χ0n) is 9.73. The summed E-state index contributed by atoms with van der Waals surface area (Å²) in [5.41, 5.74) is 1.16. The fourth-order valence-electron chi connectivity index (χ4n) is 2.17. The normalized spacial score (nSPS) is 17.5. The molecule has 1 nitrogen and oxygen atoms in total. The molecular formula is C14H16BrNS. The lowest BCUT2D eigenvalue weighted by Crippen LogP contribution is -2.00. The number of halogens is 1. The van der Waals surface area contributed by atoms with Gasteiger partial charge in [0.2, 0.25) is 0 Å². The van der Waals surface area contributed by atoms with E-state index < -0.39 is 0 Å². The first-order valence-corrected chi connectivity index (χ1v) is 8.04. The van der Waals surface area contributed by atoms with Gasteiger partial charge >= 0.3 is 0 Å². The summed E-state index contributed by atoms with van der Waals surface area (Å²) in [4.78, 5) is 5.42. The van der Waals surface area contributed by atoms with E-state index in [1.165, 1.54) is 35.4 Å². The molecule has 1 atom stereocenters. The van der Waals surface area contributed by atoms with E-state index in [1.54, 1.807) is 0 Å². The molecule has 1 aromatic carbocycles. The van der Waals surface area contributed by atoms with Crippen LogP contribution in [0.3, 0.4) is 0 Å². The third-order valence-corrected chi connectivity index (χ3v) is 5.64. The Morgan fingerprint density at radius 2 is 2.18 bits per heavy atom. The van der Waals surface area contributed by atoms with Gasteiger partial charge in [-0.15, -0.1) is 11.3 Å². The molecule has 1 heterocycles. The molecule has 17 heavy (non-hydrogen) atoms. The molecule has 0 amide bonds. The summed E-state index contributed by atoms with van der Waals surface area (Å²) in [6, 6.07) is 8.42. The average molecular weight is 310 g/mol. The van der Waals surface area contributed by atoms with E-state index in [0.29, 0.717) is 0 Å². The number of rotatable bonds is 5. The van der Waals surface area contributed by atoms with Gasteiger partial charge in [0.1, 0.15) is 0 Å². The molecule has 0 N–H and O–H groups in total. The second-order valence-corrected chi connectivity index (χ2v) is 7.11. The molecule has 1 fully saturated rings. The van der Waals surface area contributed by atoms with E-state index in [2.05, 4.69) is 45.2 Å². The number of aromatic nitrogens is 1.